The minimum absolute atomic E-state index is 0.0735. The van der Waals surface area contributed by atoms with Crippen LogP contribution in [-0.2, 0) is 16.6 Å². The van der Waals surface area contributed by atoms with Crippen molar-refractivity contribution >= 4 is 12.0 Å². The Labute approximate surface area is 112 Å². The molecule has 19 heavy (non-hydrogen) atoms. The maximum absolute atomic E-state index is 11.7. The van der Waals surface area contributed by atoms with Crippen molar-refractivity contribution in [2.24, 2.45) is 7.05 Å². The highest BCUT2D eigenvalue weighted by molar-refractivity contribution is 6.01. The SMILES string of the molecule is CCOCCCNC(=O)C(C#N)=Cc1cnn(C)c1. The van der Waals surface area contributed by atoms with E-state index in [1.54, 1.807) is 24.1 Å². The number of ether oxygens (including phenoxy) is 1. The molecule has 6 nitrogen and oxygen atoms in total. The van der Waals surface area contributed by atoms with E-state index in [2.05, 4.69) is 10.4 Å². The summed E-state index contributed by atoms with van der Waals surface area (Å²) in [6, 6.07) is 1.89. The van der Waals surface area contributed by atoms with E-state index >= 15 is 0 Å². The molecule has 0 fully saturated rings. The van der Waals surface area contributed by atoms with E-state index in [4.69, 9.17) is 10.00 Å². The van der Waals surface area contributed by atoms with Crippen LogP contribution in [0.1, 0.15) is 18.9 Å². The Morgan fingerprint density at radius 2 is 2.47 bits per heavy atom. The number of hydrogen-bond acceptors (Lipinski definition) is 4. The van der Waals surface area contributed by atoms with Crippen LogP contribution in [0, 0.1) is 11.3 Å². The molecule has 0 unspecified atom stereocenters. The molecular weight excluding hydrogens is 244 g/mol. The van der Waals surface area contributed by atoms with Crippen LogP contribution in [0.4, 0.5) is 0 Å². The molecule has 102 valence electrons. The number of nitrogens with zero attached hydrogens (tertiary/aromatic N) is 3. The molecule has 1 amide bonds. The zero-order valence-electron chi connectivity index (χ0n) is 11.2. The molecule has 0 atom stereocenters. The Bertz CT molecular complexity index is 485. The predicted molar refractivity (Wildman–Crippen MR) is 70.9 cm³/mol. The molecule has 1 N–H and O–H groups in total. The summed E-state index contributed by atoms with van der Waals surface area (Å²) < 4.78 is 6.77. The average Bonchev–Trinajstić information content (AvgIpc) is 2.81. The minimum atomic E-state index is -0.372. The van der Waals surface area contributed by atoms with Crippen molar-refractivity contribution in [1.29, 1.82) is 5.26 Å². The number of carbonyl (C=O) groups excluding carboxylic acids is 1. The summed E-state index contributed by atoms with van der Waals surface area (Å²) in [7, 11) is 1.77. The standard InChI is InChI=1S/C13H18N4O2/c1-3-19-6-4-5-15-13(18)12(8-14)7-11-9-16-17(2)10-11/h7,9-10H,3-6H2,1-2H3,(H,15,18). The predicted octanol–water partition coefficient (Wildman–Crippen LogP) is 0.870. The molecule has 0 saturated carbocycles. The van der Waals surface area contributed by atoms with E-state index in [1.807, 2.05) is 13.0 Å². The van der Waals surface area contributed by atoms with E-state index in [9.17, 15) is 4.79 Å². The fraction of sp³-hybridized carbons (Fsp3) is 0.462. The van der Waals surface area contributed by atoms with Gasteiger partial charge in [-0.3, -0.25) is 9.48 Å². The Morgan fingerprint density at radius 1 is 1.68 bits per heavy atom. The van der Waals surface area contributed by atoms with E-state index in [0.29, 0.717) is 19.8 Å². The number of hydrogen-bond donors (Lipinski definition) is 1. The highest BCUT2D eigenvalue weighted by atomic mass is 16.5. The van der Waals surface area contributed by atoms with Gasteiger partial charge >= 0.3 is 0 Å². The third-order valence-corrected chi connectivity index (χ3v) is 2.36. The molecule has 1 rings (SSSR count). The molecule has 0 spiro atoms. The maximum atomic E-state index is 11.7. The van der Waals surface area contributed by atoms with Gasteiger partial charge in [-0.15, -0.1) is 0 Å². The second kappa shape index (κ2) is 8.06. The van der Waals surface area contributed by atoms with Crippen LogP contribution >= 0.6 is 0 Å². The van der Waals surface area contributed by atoms with Gasteiger partial charge < -0.3 is 10.1 Å². The molecule has 1 aromatic heterocycles. The minimum Gasteiger partial charge on any atom is -0.382 e. The van der Waals surface area contributed by atoms with E-state index in [-0.39, 0.29) is 11.5 Å². The van der Waals surface area contributed by atoms with Gasteiger partial charge in [0.2, 0.25) is 0 Å². The fourth-order valence-corrected chi connectivity index (χ4v) is 1.45. The lowest BCUT2D eigenvalue weighted by atomic mass is 10.2. The first kappa shape index (κ1) is 14.9. The average molecular weight is 262 g/mol. The summed E-state index contributed by atoms with van der Waals surface area (Å²) >= 11 is 0. The van der Waals surface area contributed by atoms with Crippen molar-refractivity contribution in [1.82, 2.24) is 15.1 Å². The van der Waals surface area contributed by atoms with Crippen LogP contribution in [0.3, 0.4) is 0 Å². The van der Waals surface area contributed by atoms with Gasteiger partial charge in [0.15, 0.2) is 0 Å². The van der Waals surface area contributed by atoms with Crippen molar-refractivity contribution in [3.63, 3.8) is 0 Å². The Morgan fingerprint density at radius 3 is 3.05 bits per heavy atom. The van der Waals surface area contributed by atoms with Crippen LogP contribution in [0.2, 0.25) is 0 Å². The normalized spacial score (nSPS) is 11.1. The highest BCUT2D eigenvalue weighted by Crippen LogP contribution is 2.05. The van der Waals surface area contributed by atoms with Crippen LogP contribution in [-0.4, -0.2) is 35.4 Å². The second-order valence-electron chi connectivity index (χ2n) is 3.92. The number of amides is 1. The Hall–Kier alpha value is -2.13. The smallest absolute Gasteiger partial charge is 0.261 e. The maximum Gasteiger partial charge on any atom is 0.261 e. The third-order valence-electron chi connectivity index (χ3n) is 2.36. The number of rotatable bonds is 7. The monoisotopic (exact) mass is 262 g/mol. The third kappa shape index (κ3) is 5.36. The van der Waals surface area contributed by atoms with Crippen molar-refractivity contribution in [3.05, 3.63) is 23.5 Å². The van der Waals surface area contributed by atoms with Gasteiger partial charge in [-0.1, -0.05) is 0 Å². The van der Waals surface area contributed by atoms with Gasteiger partial charge in [-0.2, -0.15) is 10.4 Å². The van der Waals surface area contributed by atoms with Gasteiger partial charge in [0.1, 0.15) is 11.6 Å². The summed E-state index contributed by atoms with van der Waals surface area (Å²) in [6.07, 6.45) is 5.58. The first-order valence-corrected chi connectivity index (χ1v) is 6.13. The lowest BCUT2D eigenvalue weighted by Crippen LogP contribution is -2.26. The second-order valence-corrected chi connectivity index (χ2v) is 3.92. The van der Waals surface area contributed by atoms with Crippen LogP contribution < -0.4 is 5.32 Å². The summed E-state index contributed by atoms with van der Waals surface area (Å²) in [5.41, 5.74) is 0.799. The highest BCUT2D eigenvalue weighted by Gasteiger charge is 2.08. The lowest BCUT2D eigenvalue weighted by Gasteiger charge is -2.04. The zero-order valence-corrected chi connectivity index (χ0v) is 11.2. The van der Waals surface area contributed by atoms with E-state index in [1.165, 1.54) is 6.08 Å². The van der Waals surface area contributed by atoms with Crippen molar-refractivity contribution < 1.29 is 9.53 Å². The molecule has 1 aromatic rings. The fourth-order valence-electron chi connectivity index (χ4n) is 1.45. The first-order valence-electron chi connectivity index (χ1n) is 6.13. The molecule has 0 bridgehead atoms. The lowest BCUT2D eigenvalue weighted by molar-refractivity contribution is -0.117. The number of nitriles is 1. The van der Waals surface area contributed by atoms with E-state index < -0.39 is 0 Å². The summed E-state index contributed by atoms with van der Waals surface area (Å²) in [5.74, 6) is -0.372. The molecule has 0 aliphatic heterocycles. The van der Waals surface area contributed by atoms with Gasteiger partial charge in [-0.25, -0.2) is 0 Å². The molecule has 0 aliphatic rings. The number of aromatic nitrogens is 2. The molecule has 0 aromatic carbocycles. The summed E-state index contributed by atoms with van der Waals surface area (Å²) in [6.45, 7) is 3.68. The van der Waals surface area contributed by atoms with Crippen molar-refractivity contribution in [2.45, 2.75) is 13.3 Å². The molecule has 6 heteroatoms. The number of nitrogens with one attached hydrogen (secondary N) is 1. The molecule has 0 aliphatic carbocycles. The molecule has 0 saturated heterocycles. The Balaban J connectivity index is 2.49. The summed E-state index contributed by atoms with van der Waals surface area (Å²) in [5, 5.41) is 15.6. The van der Waals surface area contributed by atoms with Crippen LogP contribution in [0.25, 0.3) is 6.08 Å². The molecule has 1 heterocycles. The van der Waals surface area contributed by atoms with Gasteiger partial charge in [0.05, 0.1) is 6.20 Å². The number of aryl methyl sites for hydroxylation is 1. The Kier molecular flexibility index (Phi) is 6.33. The van der Waals surface area contributed by atoms with Crippen LogP contribution in [0.5, 0.6) is 0 Å². The number of carbonyl (C=O) groups is 1. The van der Waals surface area contributed by atoms with Gasteiger partial charge in [-0.05, 0) is 19.4 Å². The van der Waals surface area contributed by atoms with E-state index in [0.717, 1.165) is 12.0 Å². The molecule has 0 radical (unpaired) electrons. The molecular formula is C13H18N4O2. The zero-order chi connectivity index (χ0) is 14.1. The largest absolute Gasteiger partial charge is 0.382 e. The van der Waals surface area contributed by atoms with Gasteiger partial charge in [0, 0.05) is 38.6 Å². The van der Waals surface area contributed by atoms with Crippen LogP contribution in [0.15, 0.2) is 18.0 Å². The first-order chi connectivity index (χ1) is 9.17. The topological polar surface area (TPSA) is 79.9 Å². The van der Waals surface area contributed by atoms with Gasteiger partial charge in [0.25, 0.3) is 5.91 Å². The van der Waals surface area contributed by atoms with Crippen molar-refractivity contribution in [2.75, 3.05) is 19.8 Å². The quantitative estimate of drug-likeness (QED) is 0.449. The summed E-state index contributed by atoms with van der Waals surface area (Å²) in [4.78, 5) is 11.7. The van der Waals surface area contributed by atoms with Crippen molar-refractivity contribution in [3.8, 4) is 6.07 Å².